The Hall–Kier alpha value is -1.83. The van der Waals surface area contributed by atoms with Crippen LogP contribution in [0.5, 0.6) is 0 Å². The molecule has 0 radical (unpaired) electrons. The number of nitrogens with zero attached hydrogens (tertiary/aromatic N) is 5. The molecule has 7 nitrogen and oxygen atoms in total. The standard InChI is InChI=1S/C11H13N5O2S/c1-7-12-10(18-14-7)8-2-4-16(5-3-8)11(17)9-6-19-15-13-9/h6,8H,2-5H2,1H3. The lowest BCUT2D eigenvalue weighted by molar-refractivity contribution is 0.0698. The van der Waals surface area contributed by atoms with Crippen molar-refractivity contribution in [1.82, 2.24) is 24.6 Å². The zero-order chi connectivity index (χ0) is 13.2. The predicted molar refractivity (Wildman–Crippen MR) is 66.8 cm³/mol. The quantitative estimate of drug-likeness (QED) is 0.822. The Morgan fingerprint density at radius 1 is 1.47 bits per heavy atom. The highest BCUT2D eigenvalue weighted by molar-refractivity contribution is 7.03. The maximum atomic E-state index is 12.1. The molecule has 1 aliphatic rings. The van der Waals surface area contributed by atoms with Gasteiger partial charge < -0.3 is 9.42 Å². The van der Waals surface area contributed by atoms with Gasteiger partial charge in [0.25, 0.3) is 5.91 Å². The topological polar surface area (TPSA) is 85.0 Å². The number of piperidine rings is 1. The molecule has 2 aromatic rings. The molecule has 0 aromatic carbocycles. The fraction of sp³-hybridized carbons (Fsp3) is 0.545. The highest BCUT2D eigenvalue weighted by Crippen LogP contribution is 2.27. The number of carbonyl (C=O) groups excluding carboxylic acids is 1. The Kier molecular flexibility index (Phi) is 3.24. The first kappa shape index (κ1) is 12.2. The van der Waals surface area contributed by atoms with E-state index in [2.05, 4.69) is 19.7 Å². The molecule has 0 bridgehead atoms. The van der Waals surface area contributed by atoms with Gasteiger partial charge in [-0.15, -0.1) is 5.10 Å². The summed E-state index contributed by atoms with van der Waals surface area (Å²) in [5, 5.41) is 9.29. The molecule has 0 N–H and O–H groups in total. The SMILES string of the molecule is Cc1noc(C2CCN(C(=O)c3csnn3)CC2)n1. The van der Waals surface area contributed by atoms with Gasteiger partial charge in [-0.3, -0.25) is 4.79 Å². The third-order valence-corrected chi connectivity index (χ3v) is 3.76. The molecule has 1 fully saturated rings. The van der Waals surface area contributed by atoms with Gasteiger partial charge in [-0.1, -0.05) is 9.64 Å². The van der Waals surface area contributed by atoms with Crippen molar-refractivity contribution in [3.63, 3.8) is 0 Å². The maximum Gasteiger partial charge on any atom is 0.275 e. The van der Waals surface area contributed by atoms with E-state index in [-0.39, 0.29) is 11.8 Å². The molecular weight excluding hydrogens is 266 g/mol. The van der Waals surface area contributed by atoms with Gasteiger partial charge in [0, 0.05) is 24.4 Å². The number of hydrogen-bond donors (Lipinski definition) is 0. The summed E-state index contributed by atoms with van der Waals surface area (Å²) in [4.78, 5) is 18.1. The van der Waals surface area contributed by atoms with E-state index < -0.39 is 0 Å². The van der Waals surface area contributed by atoms with Crippen molar-refractivity contribution in [2.75, 3.05) is 13.1 Å². The van der Waals surface area contributed by atoms with Crippen molar-refractivity contribution >= 4 is 17.4 Å². The molecular formula is C11H13N5O2S. The van der Waals surface area contributed by atoms with Crippen molar-refractivity contribution in [3.8, 4) is 0 Å². The van der Waals surface area contributed by atoms with Crippen molar-refractivity contribution in [2.45, 2.75) is 25.7 Å². The molecule has 1 amide bonds. The van der Waals surface area contributed by atoms with E-state index in [1.807, 2.05) is 0 Å². The summed E-state index contributed by atoms with van der Waals surface area (Å²) >= 11 is 1.19. The fourth-order valence-corrected chi connectivity index (χ4v) is 2.66. The summed E-state index contributed by atoms with van der Waals surface area (Å²) in [5.74, 6) is 1.54. The smallest absolute Gasteiger partial charge is 0.275 e. The lowest BCUT2D eigenvalue weighted by Gasteiger charge is -2.29. The second-order valence-electron chi connectivity index (χ2n) is 4.54. The van der Waals surface area contributed by atoms with E-state index in [1.54, 1.807) is 17.2 Å². The van der Waals surface area contributed by atoms with Crippen LogP contribution in [0, 0.1) is 6.92 Å². The minimum Gasteiger partial charge on any atom is -0.339 e. The minimum atomic E-state index is -0.0473. The van der Waals surface area contributed by atoms with Crippen LogP contribution in [-0.4, -0.2) is 43.6 Å². The second-order valence-corrected chi connectivity index (χ2v) is 5.15. The summed E-state index contributed by atoms with van der Waals surface area (Å²) in [7, 11) is 0. The number of aryl methyl sites for hydroxylation is 1. The maximum absolute atomic E-state index is 12.1. The Morgan fingerprint density at radius 3 is 2.84 bits per heavy atom. The zero-order valence-corrected chi connectivity index (χ0v) is 11.3. The molecule has 100 valence electrons. The Bertz CT molecular complexity index is 559. The van der Waals surface area contributed by atoms with E-state index in [1.165, 1.54) is 11.5 Å². The van der Waals surface area contributed by atoms with Crippen LogP contribution >= 0.6 is 11.5 Å². The molecule has 0 saturated carbocycles. The lowest BCUT2D eigenvalue weighted by atomic mass is 9.96. The van der Waals surface area contributed by atoms with Gasteiger partial charge in [-0.05, 0) is 31.3 Å². The number of aromatic nitrogens is 4. The van der Waals surface area contributed by atoms with Crippen LogP contribution in [0.3, 0.4) is 0 Å². The molecule has 0 aliphatic carbocycles. The van der Waals surface area contributed by atoms with Crippen LogP contribution in [0.15, 0.2) is 9.90 Å². The van der Waals surface area contributed by atoms with Crippen LogP contribution < -0.4 is 0 Å². The number of rotatable bonds is 2. The summed E-state index contributed by atoms with van der Waals surface area (Å²) in [6, 6.07) is 0. The van der Waals surface area contributed by atoms with Crippen molar-refractivity contribution in [3.05, 3.63) is 22.8 Å². The Balaban J connectivity index is 1.62. The number of amides is 1. The van der Waals surface area contributed by atoms with Gasteiger partial charge in [0.1, 0.15) is 0 Å². The van der Waals surface area contributed by atoms with E-state index >= 15 is 0 Å². The van der Waals surface area contributed by atoms with Crippen molar-refractivity contribution in [2.24, 2.45) is 0 Å². The summed E-state index contributed by atoms with van der Waals surface area (Å²) in [6.07, 6.45) is 1.68. The third kappa shape index (κ3) is 2.48. The molecule has 0 spiro atoms. The van der Waals surface area contributed by atoms with Gasteiger partial charge >= 0.3 is 0 Å². The van der Waals surface area contributed by atoms with Crippen LogP contribution in [0.1, 0.15) is 41.0 Å². The second kappa shape index (κ2) is 5.04. The Labute approximate surface area is 113 Å². The molecule has 3 rings (SSSR count). The number of hydrogen-bond acceptors (Lipinski definition) is 7. The summed E-state index contributed by atoms with van der Waals surface area (Å²) in [5.41, 5.74) is 0.428. The molecule has 8 heteroatoms. The first-order chi connectivity index (χ1) is 9.24. The van der Waals surface area contributed by atoms with Crippen LogP contribution in [0.2, 0.25) is 0 Å². The lowest BCUT2D eigenvalue weighted by Crippen LogP contribution is -2.38. The molecule has 1 aliphatic heterocycles. The molecule has 0 unspecified atom stereocenters. The van der Waals surface area contributed by atoms with E-state index in [0.29, 0.717) is 30.5 Å². The highest BCUT2D eigenvalue weighted by Gasteiger charge is 2.28. The van der Waals surface area contributed by atoms with Crippen molar-refractivity contribution < 1.29 is 9.32 Å². The van der Waals surface area contributed by atoms with E-state index in [0.717, 1.165) is 12.8 Å². The molecule has 2 aromatic heterocycles. The zero-order valence-electron chi connectivity index (χ0n) is 10.4. The average molecular weight is 279 g/mol. The van der Waals surface area contributed by atoms with Crippen LogP contribution in [0.25, 0.3) is 0 Å². The monoisotopic (exact) mass is 279 g/mol. The number of carbonyl (C=O) groups is 1. The number of likely N-dealkylation sites (tertiary alicyclic amines) is 1. The normalized spacial score (nSPS) is 16.8. The Morgan fingerprint density at radius 2 is 2.26 bits per heavy atom. The first-order valence-electron chi connectivity index (χ1n) is 6.10. The van der Waals surface area contributed by atoms with Crippen LogP contribution in [-0.2, 0) is 0 Å². The average Bonchev–Trinajstić information content (AvgIpc) is 3.09. The van der Waals surface area contributed by atoms with Gasteiger partial charge in [0.15, 0.2) is 11.5 Å². The predicted octanol–water partition coefficient (Wildman–Crippen LogP) is 1.25. The first-order valence-corrected chi connectivity index (χ1v) is 6.94. The van der Waals surface area contributed by atoms with Gasteiger partial charge in [-0.25, -0.2) is 0 Å². The van der Waals surface area contributed by atoms with Gasteiger partial charge in [0.2, 0.25) is 5.89 Å². The minimum absolute atomic E-state index is 0.0473. The van der Waals surface area contributed by atoms with E-state index in [4.69, 9.17) is 4.52 Å². The van der Waals surface area contributed by atoms with E-state index in [9.17, 15) is 4.79 Å². The molecule has 19 heavy (non-hydrogen) atoms. The fourth-order valence-electron chi connectivity index (χ4n) is 2.23. The van der Waals surface area contributed by atoms with Crippen LogP contribution in [0.4, 0.5) is 0 Å². The van der Waals surface area contributed by atoms with Gasteiger partial charge in [0.05, 0.1) is 0 Å². The summed E-state index contributed by atoms with van der Waals surface area (Å²) < 4.78 is 8.90. The summed E-state index contributed by atoms with van der Waals surface area (Å²) in [6.45, 7) is 3.17. The molecule has 0 atom stereocenters. The van der Waals surface area contributed by atoms with Gasteiger partial charge in [-0.2, -0.15) is 4.98 Å². The third-order valence-electron chi connectivity index (χ3n) is 3.25. The van der Waals surface area contributed by atoms with Crippen molar-refractivity contribution in [1.29, 1.82) is 0 Å². The highest BCUT2D eigenvalue weighted by atomic mass is 32.1. The molecule has 3 heterocycles. The molecule has 1 saturated heterocycles. The largest absolute Gasteiger partial charge is 0.339 e.